The molecule has 2 rings (SSSR count). The third-order valence-electron chi connectivity index (χ3n) is 2.84. The SMILES string of the molecule is O=C(CN1CC[C@H](O)C1)Nc1c(Cl)cccc1Cl. The van der Waals surface area contributed by atoms with E-state index in [-0.39, 0.29) is 18.6 Å². The number of aliphatic hydroxyl groups is 1. The fourth-order valence-corrected chi connectivity index (χ4v) is 2.45. The van der Waals surface area contributed by atoms with Crippen molar-refractivity contribution in [2.45, 2.75) is 12.5 Å². The summed E-state index contributed by atoms with van der Waals surface area (Å²) in [6, 6.07) is 5.06. The van der Waals surface area contributed by atoms with Gasteiger partial charge in [-0.25, -0.2) is 0 Å². The van der Waals surface area contributed by atoms with Gasteiger partial charge in [0.15, 0.2) is 0 Å². The van der Waals surface area contributed by atoms with Crippen LogP contribution in [0.4, 0.5) is 5.69 Å². The van der Waals surface area contributed by atoms with E-state index in [0.717, 1.165) is 6.54 Å². The monoisotopic (exact) mass is 288 g/mol. The molecule has 1 aliphatic heterocycles. The van der Waals surface area contributed by atoms with Crippen LogP contribution in [-0.2, 0) is 4.79 Å². The van der Waals surface area contributed by atoms with Crippen molar-refractivity contribution in [3.05, 3.63) is 28.2 Å². The number of carbonyl (C=O) groups is 1. The third-order valence-corrected chi connectivity index (χ3v) is 3.47. The Morgan fingerprint density at radius 2 is 2.11 bits per heavy atom. The lowest BCUT2D eigenvalue weighted by Crippen LogP contribution is -2.32. The first-order valence-corrected chi connectivity index (χ1v) is 6.46. The Labute approximate surface area is 115 Å². The highest BCUT2D eigenvalue weighted by atomic mass is 35.5. The molecule has 1 saturated heterocycles. The summed E-state index contributed by atoms with van der Waals surface area (Å²) in [5, 5.41) is 12.9. The van der Waals surface area contributed by atoms with E-state index in [9.17, 15) is 9.90 Å². The number of benzene rings is 1. The summed E-state index contributed by atoms with van der Waals surface area (Å²) in [4.78, 5) is 13.7. The minimum Gasteiger partial charge on any atom is -0.392 e. The summed E-state index contributed by atoms with van der Waals surface area (Å²) < 4.78 is 0. The molecule has 1 aromatic rings. The maximum atomic E-state index is 11.8. The van der Waals surface area contributed by atoms with E-state index >= 15 is 0 Å². The molecule has 1 aliphatic rings. The summed E-state index contributed by atoms with van der Waals surface area (Å²) >= 11 is 11.9. The molecule has 0 bridgehead atoms. The second-order valence-corrected chi connectivity index (χ2v) is 5.14. The molecule has 0 spiro atoms. The quantitative estimate of drug-likeness (QED) is 0.895. The number of hydrogen-bond acceptors (Lipinski definition) is 3. The summed E-state index contributed by atoms with van der Waals surface area (Å²) in [7, 11) is 0. The normalized spacial score (nSPS) is 20.1. The number of likely N-dealkylation sites (tertiary alicyclic amines) is 1. The average molecular weight is 289 g/mol. The van der Waals surface area contributed by atoms with Crippen molar-refractivity contribution in [2.24, 2.45) is 0 Å². The Kier molecular flexibility index (Phi) is 4.45. The first kappa shape index (κ1) is 13.6. The molecule has 6 heteroatoms. The van der Waals surface area contributed by atoms with E-state index < -0.39 is 0 Å². The molecule has 18 heavy (non-hydrogen) atoms. The van der Waals surface area contributed by atoms with Gasteiger partial charge in [-0.2, -0.15) is 0 Å². The van der Waals surface area contributed by atoms with E-state index in [0.29, 0.717) is 28.7 Å². The van der Waals surface area contributed by atoms with Gasteiger partial charge in [0.1, 0.15) is 0 Å². The number of para-hydroxylation sites is 1. The molecular formula is C12H14Cl2N2O2. The molecule has 1 fully saturated rings. The van der Waals surface area contributed by atoms with E-state index in [1.54, 1.807) is 18.2 Å². The standard InChI is InChI=1S/C12H14Cl2N2O2/c13-9-2-1-3-10(14)12(9)15-11(18)7-16-5-4-8(17)6-16/h1-3,8,17H,4-7H2,(H,15,18)/t8-/m0/s1. The second-order valence-electron chi connectivity index (χ2n) is 4.32. The van der Waals surface area contributed by atoms with Gasteiger partial charge in [-0.3, -0.25) is 9.69 Å². The summed E-state index contributed by atoms with van der Waals surface area (Å²) in [6.07, 6.45) is 0.377. The van der Waals surface area contributed by atoms with Crippen molar-refractivity contribution < 1.29 is 9.90 Å². The molecule has 1 aromatic carbocycles. The van der Waals surface area contributed by atoms with Crippen molar-refractivity contribution in [1.29, 1.82) is 0 Å². The molecule has 1 atom stereocenters. The minimum atomic E-state index is -0.332. The van der Waals surface area contributed by atoms with E-state index in [1.165, 1.54) is 0 Å². The zero-order valence-electron chi connectivity index (χ0n) is 9.70. The molecular weight excluding hydrogens is 275 g/mol. The van der Waals surface area contributed by atoms with Gasteiger partial charge in [-0.15, -0.1) is 0 Å². The van der Waals surface area contributed by atoms with Crippen LogP contribution in [0, 0.1) is 0 Å². The second kappa shape index (κ2) is 5.89. The van der Waals surface area contributed by atoms with Gasteiger partial charge in [0, 0.05) is 13.1 Å². The topological polar surface area (TPSA) is 52.6 Å². The van der Waals surface area contributed by atoms with Gasteiger partial charge in [-0.05, 0) is 18.6 Å². The van der Waals surface area contributed by atoms with Crippen LogP contribution in [0.1, 0.15) is 6.42 Å². The number of nitrogens with one attached hydrogen (secondary N) is 1. The Morgan fingerprint density at radius 1 is 1.44 bits per heavy atom. The van der Waals surface area contributed by atoms with E-state index in [1.807, 2.05) is 4.90 Å². The van der Waals surface area contributed by atoms with Crippen LogP contribution in [-0.4, -0.2) is 41.7 Å². The zero-order chi connectivity index (χ0) is 13.1. The lowest BCUT2D eigenvalue weighted by molar-refractivity contribution is -0.117. The van der Waals surface area contributed by atoms with E-state index in [4.69, 9.17) is 23.2 Å². The van der Waals surface area contributed by atoms with Crippen LogP contribution >= 0.6 is 23.2 Å². The number of carbonyl (C=O) groups excluding carboxylic acids is 1. The van der Waals surface area contributed by atoms with Crippen LogP contribution < -0.4 is 5.32 Å². The Balaban J connectivity index is 1.95. The van der Waals surface area contributed by atoms with Gasteiger partial charge < -0.3 is 10.4 Å². The molecule has 0 aromatic heterocycles. The van der Waals surface area contributed by atoms with E-state index in [2.05, 4.69) is 5.32 Å². The molecule has 0 unspecified atom stereocenters. The highest BCUT2D eigenvalue weighted by molar-refractivity contribution is 6.39. The smallest absolute Gasteiger partial charge is 0.238 e. The number of halogens is 2. The summed E-state index contributed by atoms with van der Waals surface area (Å²) in [6.45, 7) is 1.49. The Morgan fingerprint density at radius 3 is 2.67 bits per heavy atom. The third kappa shape index (κ3) is 3.36. The van der Waals surface area contributed by atoms with Crippen molar-refractivity contribution >= 4 is 34.8 Å². The van der Waals surface area contributed by atoms with Crippen LogP contribution in [0.3, 0.4) is 0 Å². The number of β-amino-alcohol motifs (C(OH)–C–C–N with tert-alkyl or cyclic N) is 1. The van der Waals surface area contributed by atoms with Gasteiger partial charge >= 0.3 is 0 Å². The number of aliphatic hydroxyl groups excluding tert-OH is 1. The predicted molar refractivity (Wildman–Crippen MR) is 72.2 cm³/mol. The zero-order valence-corrected chi connectivity index (χ0v) is 11.2. The lowest BCUT2D eigenvalue weighted by atomic mass is 10.3. The van der Waals surface area contributed by atoms with Crippen LogP contribution in [0.25, 0.3) is 0 Å². The van der Waals surface area contributed by atoms with Crippen LogP contribution in [0.2, 0.25) is 10.0 Å². The molecule has 4 nitrogen and oxygen atoms in total. The van der Waals surface area contributed by atoms with Gasteiger partial charge in [0.05, 0.1) is 28.4 Å². The van der Waals surface area contributed by atoms with Crippen LogP contribution in [0.5, 0.6) is 0 Å². The number of anilines is 1. The molecule has 2 N–H and O–H groups in total. The Hall–Kier alpha value is -0.810. The molecule has 0 aliphatic carbocycles. The highest BCUT2D eigenvalue weighted by Crippen LogP contribution is 2.29. The van der Waals surface area contributed by atoms with Crippen molar-refractivity contribution in [3.63, 3.8) is 0 Å². The molecule has 1 heterocycles. The fourth-order valence-electron chi connectivity index (χ4n) is 1.96. The summed E-state index contributed by atoms with van der Waals surface area (Å²) in [5.41, 5.74) is 0.436. The number of nitrogens with zero attached hydrogens (tertiary/aromatic N) is 1. The minimum absolute atomic E-state index is 0.181. The number of hydrogen-bond donors (Lipinski definition) is 2. The van der Waals surface area contributed by atoms with Crippen molar-refractivity contribution in [2.75, 3.05) is 25.0 Å². The summed E-state index contributed by atoms with van der Waals surface area (Å²) in [5.74, 6) is -0.181. The Bertz CT molecular complexity index is 433. The molecule has 0 radical (unpaired) electrons. The molecule has 0 saturated carbocycles. The van der Waals surface area contributed by atoms with Gasteiger partial charge in [-0.1, -0.05) is 29.3 Å². The first-order chi connectivity index (χ1) is 8.56. The maximum absolute atomic E-state index is 11.8. The van der Waals surface area contributed by atoms with Crippen molar-refractivity contribution in [1.82, 2.24) is 4.90 Å². The van der Waals surface area contributed by atoms with Crippen LogP contribution in [0.15, 0.2) is 18.2 Å². The lowest BCUT2D eigenvalue weighted by Gasteiger charge is -2.15. The van der Waals surface area contributed by atoms with Gasteiger partial charge in [0.25, 0.3) is 0 Å². The average Bonchev–Trinajstić information content (AvgIpc) is 2.69. The highest BCUT2D eigenvalue weighted by Gasteiger charge is 2.22. The maximum Gasteiger partial charge on any atom is 0.238 e. The van der Waals surface area contributed by atoms with Gasteiger partial charge in [0.2, 0.25) is 5.91 Å². The first-order valence-electron chi connectivity index (χ1n) is 5.70. The molecule has 98 valence electrons. The predicted octanol–water partition coefficient (Wildman–Crippen LogP) is 2.00. The fraction of sp³-hybridized carbons (Fsp3) is 0.417. The number of rotatable bonds is 3. The van der Waals surface area contributed by atoms with Crippen molar-refractivity contribution in [3.8, 4) is 0 Å². The largest absolute Gasteiger partial charge is 0.392 e. The number of amides is 1. The molecule has 1 amide bonds.